The molecule has 0 spiro atoms. The van der Waals surface area contributed by atoms with E-state index in [4.69, 9.17) is 11.1 Å². The van der Waals surface area contributed by atoms with Gasteiger partial charge in [0.15, 0.2) is 0 Å². The van der Waals surface area contributed by atoms with Crippen molar-refractivity contribution in [2.24, 2.45) is 5.73 Å². The summed E-state index contributed by atoms with van der Waals surface area (Å²) in [5.41, 5.74) is 7.29. The van der Waals surface area contributed by atoms with Crippen LogP contribution in [-0.4, -0.2) is 18.9 Å². The zero-order valence-corrected chi connectivity index (χ0v) is 10.8. The van der Waals surface area contributed by atoms with Crippen LogP contribution in [0.1, 0.15) is 19.4 Å². The van der Waals surface area contributed by atoms with Crippen LogP contribution in [0.5, 0.6) is 0 Å². The molecule has 0 unspecified atom stereocenters. The third-order valence-electron chi connectivity index (χ3n) is 2.42. The lowest BCUT2D eigenvalue weighted by Gasteiger charge is -2.24. The standard InChI is InChI=1S/C11H16BrN3/c1-7(2)15(3)8-4-5-9(11(13)14)10(12)6-8/h4-7H,1-3H3,(H3,13,14). The zero-order valence-electron chi connectivity index (χ0n) is 9.21. The maximum atomic E-state index is 7.37. The Labute approximate surface area is 98.9 Å². The molecule has 0 aliphatic carbocycles. The Kier molecular flexibility index (Phi) is 3.74. The van der Waals surface area contributed by atoms with Gasteiger partial charge in [-0.25, -0.2) is 0 Å². The highest BCUT2D eigenvalue weighted by Crippen LogP contribution is 2.24. The number of nitrogens with two attached hydrogens (primary N) is 1. The smallest absolute Gasteiger partial charge is 0.123 e. The van der Waals surface area contributed by atoms with Crippen molar-refractivity contribution < 1.29 is 0 Å². The van der Waals surface area contributed by atoms with E-state index in [2.05, 4.69) is 34.7 Å². The number of amidine groups is 1. The molecule has 0 fully saturated rings. The van der Waals surface area contributed by atoms with Crippen molar-refractivity contribution in [2.45, 2.75) is 19.9 Å². The van der Waals surface area contributed by atoms with Crippen LogP contribution in [0.2, 0.25) is 0 Å². The van der Waals surface area contributed by atoms with Crippen LogP contribution >= 0.6 is 15.9 Å². The molecule has 0 heterocycles. The number of halogens is 1. The molecule has 0 atom stereocenters. The number of benzene rings is 1. The van der Waals surface area contributed by atoms with Crippen LogP contribution in [-0.2, 0) is 0 Å². The summed E-state index contributed by atoms with van der Waals surface area (Å²) >= 11 is 3.42. The second-order valence-corrected chi connectivity index (χ2v) is 4.64. The molecule has 0 bridgehead atoms. The first-order valence-electron chi connectivity index (χ1n) is 4.80. The molecule has 0 saturated heterocycles. The minimum atomic E-state index is 0.0839. The Morgan fingerprint density at radius 3 is 2.47 bits per heavy atom. The number of anilines is 1. The van der Waals surface area contributed by atoms with Crippen molar-refractivity contribution in [2.75, 3.05) is 11.9 Å². The molecular weight excluding hydrogens is 254 g/mol. The van der Waals surface area contributed by atoms with E-state index in [1.165, 1.54) is 0 Å². The molecule has 82 valence electrons. The molecule has 3 nitrogen and oxygen atoms in total. The Morgan fingerprint density at radius 2 is 2.07 bits per heavy atom. The van der Waals surface area contributed by atoms with Gasteiger partial charge in [-0.3, -0.25) is 5.41 Å². The molecule has 0 saturated carbocycles. The molecule has 15 heavy (non-hydrogen) atoms. The molecule has 4 heteroatoms. The highest BCUT2D eigenvalue weighted by Gasteiger charge is 2.08. The SMILES string of the molecule is CC(C)N(C)c1ccc(C(=N)N)c(Br)c1. The van der Waals surface area contributed by atoms with Crippen LogP contribution in [0.15, 0.2) is 22.7 Å². The van der Waals surface area contributed by atoms with Gasteiger partial charge in [0.2, 0.25) is 0 Å². The van der Waals surface area contributed by atoms with Crippen molar-refractivity contribution in [1.29, 1.82) is 5.41 Å². The Bertz CT molecular complexity index is 374. The lowest BCUT2D eigenvalue weighted by atomic mass is 10.1. The van der Waals surface area contributed by atoms with E-state index >= 15 is 0 Å². The van der Waals surface area contributed by atoms with Crippen molar-refractivity contribution >= 4 is 27.5 Å². The van der Waals surface area contributed by atoms with Gasteiger partial charge in [0.1, 0.15) is 5.84 Å². The minimum Gasteiger partial charge on any atom is -0.384 e. The summed E-state index contributed by atoms with van der Waals surface area (Å²) in [6.07, 6.45) is 0. The topological polar surface area (TPSA) is 53.1 Å². The predicted molar refractivity (Wildman–Crippen MR) is 68.7 cm³/mol. The molecule has 0 aromatic heterocycles. The Balaban J connectivity index is 3.06. The Morgan fingerprint density at radius 1 is 1.47 bits per heavy atom. The second-order valence-electron chi connectivity index (χ2n) is 3.78. The van der Waals surface area contributed by atoms with Crippen LogP contribution in [0.4, 0.5) is 5.69 Å². The van der Waals surface area contributed by atoms with Gasteiger partial charge in [-0.15, -0.1) is 0 Å². The van der Waals surface area contributed by atoms with Gasteiger partial charge in [0.25, 0.3) is 0 Å². The van der Waals surface area contributed by atoms with Crippen LogP contribution in [0.3, 0.4) is 0 Å². The first-order chi connectivity index (χ1) is 6.93. The molecular formula is C11H16BrN3. The summed E-state index contributed by atoms with van der Waals surface area (Å²) in [6.45, 7) is 4.26. The quantitative estimate of drug-likeness (QED) is 0.655. The van der Waals surface area contributed by atoms with Crippen LogP contribution < -0.4 is 10.6 Å². The maximum absolute atomic E-state index is 7.37. The minimum absolute atomic E-state index is 0.0839. The Hall–Kier alpha value is -1.03. The van der Waals surface area contributed by atoms with E-state index < -0.39 is 0 Å². The van der Waals surface area contributed by atoms with Crippen molar-refractivity contribution in [3.8, 4) is 0 Å². The predicted octanol–water partition coefficient (Wildman–Crippen LogP) is 2.58. The van der Waals surface area contributed by atoms with Gasteiger partial charge in [-0.1, -0.05) is 0 Å². The normalized spacial score (nSPS) is 10.5. The molecule has 1 aromatic rings. The van der Waals surface area contributed by atoms with Crippen molar-refractivity contribution in [3.05, 3.63) is 28.2 Å². The van der Waals surface area contributed by atoms with Crippen LogP contribution in [0.25, 0.3) is 0 Å². The number of hydrogen-bond donors (Lipinski definition) is 2. The second kappa shape index (κ2) is 4.66. The van der Waals surface area contributed by atoms with Gasteiger partial charge in [-0.2, -0.15) is 0 Å². The molecule has 0 amide bonds. The van der Waals surface area contributed by atoms with Gasteiger partial charge in [0, 0.05) is 28.8 Å². The summed E-state index contributed by atoms with van der Waals surface area (Å²) in [6, 6.07) is 6.26. The summed E-state index contributed by atoms with van der Waals surface area (Å²) in [4.78, 5) is 2.16. The summed E-state index contributed by atoms with van der Waals surface area (Å²) in [5.74, 6) is 0.0839. The fourth-order valence-electron chi connectivity index (χ4n) is 1.24. The maximum Gasteiger partial charge on any atom is 0.123 e. The van der Waals surface area contributed by atoms with E-state index in [9.17, 15) is 0 Å². The number of nitrogens with zero attached hydrogens (tertiary/aromatic N) is 1. The summed E-state index contributed by atoms with van der Waals surface area (Å²) < 4.78 is 0.861. The average molecular weight is 270 g/mol. The van der Waals surface area contributed by atoms with Crippen molar-refractivity contribution in [3.63, 3.8) is 0 Å². The number of nitrogens with one attached hydrogen (secondary N) is 1. The van der Waals surface area contributed by atoms with E-state index in [-0.39, 0.29) is 5.84 Å². The van der Waals surface area contributed by atoms with Crippen LogP contribution in [0, 0.1) is 5.41 Å². The lowest BCUT2D eigenvalue weighted by molar-refractivity contribution is 0.754. The number of hydrogen-bond acceptors (Lipinski definition) is 2. The molecule has 1 rings (SSSR count). The monoisotopic (exact) mass is 269 g/mol. The lowest BCUT2D eigenvalue weighted by Crippen LogP contribution is -2.25. The van der Waals surface area contributed by atoms with Gasteiger partial charge >= 0.3 is 0 Å². The largest absolute Gasteiger partial charge is 0.384 e. The highest BCUT2D eigenvalue weighted by atomic mass is 79.9. The van der Waals surface area contributed by atoms with Gasteiger partial charge < -0.3 is 10.6 Å². The molecule has 0 aliphatic heterocycles. The molecule has 0 radical (unpaired) electrons. The third-order valence-corrected chi connectivity index (χ3v) is 3.08. The van der Waals surface area contributed by atoms with Gasteiger partial charge in [0.05, 0.1) is 0 Å². The van der Waals surface area contributed by atoms with E-state index in [0.29, 0.717) is 6.04 Å². The molecule has 1 aromatic carbocycles. The first kappa shape index (κ1) is 12.0. The van der Waals surface area contributed by atoms with Crippen molar-refractivity contribution in [1.82, 2.24) is 0 Å². The molecule has 0 aliphatic rings. The highest BCUT2D eigenvalue weighted by molar-refractivity contribution is 9.10. The summed E-state index contributed by atoms with van der Waals surface area (Å²) in [5, 5.41) is 7.37. The fourth-order valence-corrected chi connectivity index (χ4v) is 1.82. The third kappa shape index (κ3) is 2.72. The number of rotatable bonds is 3. The van der Waals surface area contributed by atoms with E-state index in [1.807, 2.05) is 25.2 Å². The van der Waals surface area contributed by atoms with Gasteiger partial charge in [-0.05, 0) is 48.0 Å². The first-order valence-corrected chi connectivity index (χ1v) is 5.59. The zero-order chi connectivity index (χ0) is 11.6. The van der Waals surface area contributed by atoms with E-state index in [0.717, 1.165) is 15.7 Å². The molecule has 3 N–H and O–H groups in total. The fraction of sp³-hybridized carbons (Fsp3) is 0.364. The number of nitrogen functional groups attached to an aromatic ring is 1. The average Bonchev–Trinajstić information content (AvgIpc) is 2.15. The van der Waals surface area contributed by atoms with E-state index in [1.54, 1.807) is 0 Å². The summed E-state index contributed by atoms with van der Waals surface area (Å²) in [7, 11) is 2.04.